The van der Waals surface area contributed by atoms with Crippen LogP contribution in [0.1, 0.15) is 24.1 Å². The minimum absolute atomic E-state index is 0.284. The second-order valence-corrected chi connectivity index (χ2v) is 8.33. The maximum Gasteiger partial charge on any atom is 0.132 e. The number of benzene rings is 3. The number of carbonyl (C=O) groups is 1. The highest BCUT2D eigenvalue weighted by molar-refractivity contribution is 5.92. The Balaban J connectivity index is 1.62. The number of ether oxygens (including phenoxy) is 1. The lowest BCUT2D eigenvalue weighted by atomic mass is 9.55. The minimum atomic E-state index is -1.10. The van der Waals surface area contributed by atoms with Gasteiger partial charge in [0.25, 0.3) is 0 Å². The number of nitrogens with zero attached hydrogens (tertiary/aromatic N) is 1. The first-order valence-electron chi connectivity index (χ1n) is 10.4. The lowest BCUT2D eigenvalue weighted by molar-refractivity contribution is -0.136. The molecule has 1 aromatic heterocycles. The number of aliphatic hydroxyl groups is 1. The van der Waals surface area contributed by atoms with Crippen LogP contribution in [0.15, 0.2) is 84.9 Å². The fraction of sp³-hybridized carbons (Fsp3) is 0.185. The molecule has 1 heterocycles. The van der Waals surface area contributed by atoms with Gasteiger partial charge in [0, 0.05) is 10.9 Å². The first-order valence-corrected chi connectivity index (χ1v) is 10.4. The van der Waals surface area contributed by atoms with E-state index in [1.54, 1.807) is 7.11 Å². The van der Waals surface area contributed by atoms with Crippen LogP contribution in [-0.4, -0.2) is 23.5 Å². The van der Waals surface area contributed by atoms with Crippen LogP contribution < -0.4 is 4.74 Å². The quantitative estimate of drug-likeness (QED) is 0.470. The molecule has 0 radical (unpaired) electrons. The van der Waals surface area contributed by atoms with Crippen molar-refractivity contribution in [1.82, 2.24) is 4.98 Å². The SMILES string of the molecule is COc1cccc(C2(O)CC(C=O)(c3nc(-c4ccccc4)cc4ccccc34)C2)c1. The predicted molar refractivity (Wildman–Crippen MR) is 121 cm³/mol. The molecule has 0 atom stereocenters. The van der Waals surface area contributed by atoms with E-state index in [0.717, 1.165) is 39.6 Å². The fourth-order valence-electron chi connectivity index (χ4n) is 4.75. The van der Waals surface area contributed by atoms with E-state index in [2.05, 4.69) is 6.07 Å². The number of hydrogen-bond acceptors (Lipinski definition) is 4. The van der Waals surface area contributed by atoms with Crippen LogP contribution in [0.25, 0.3) is 22.0 Å². The van der Waals surface area contributed by atoms with Crippen molar-refractivity contribution in [2.45, 2.75) is 23.9 Å². The van der Waals surface area contributed by atoms with E-state index in [1.807, 2.05) is 78.9 Å². The topological polar surface area (TPSA) is 59.4 Å². The van der Waals surface area contributed by atoms with Gasteiger partial charge in [0.05, 0.1) is 29.5 Å². The van der Waals surface area contributed by atoms with E-state index >= 15 is 0 Å². The molecule has 4 aromatic rings. The standard InChI is InChI=1S/C27H23NO3/c1-31-22-12-7-11-21(15-22)27(30)16-26(17-27,18-29)25-23-13-6-5-10-20(23)14-24(28-25)19-8-3-2-4-9-19/h2-15,18,30H,16-17H2,1H3. The molecule has 1 aliphatic rings. The Hall–Kier alpha value is -3.50. The van der Waals surface area contributed by atoms with E-state index in [4.69, 9.17) is 9.72 Å². The van der Waals surface area contributed by atoms with E-state index in [0.29, 0.717) is 5.75 Å². The van der Waals surface area contributed by atoms with Crippen LogP contribution in [0.3, 0.4) is 0 Å². The molecule has 0 unspecified atom stereocenters. The number of aldehydes is 1. The Kier molecular flexibility index (Phi) is 4.60. The molecule has 0 spiro atoms. The summed E-state index contributed by atoms with van der Waals surface area (Å²) in [7, 11) is 1.60. The third kappa shape index (κ3) is 3.20. The van der Waals surface area contributed by atoms with Crippen molar-refractivity contribution >= 4 is 17.1 Å². The van der Waals surface area contributed by atoms with Gasteiger partial charge in [-0.2, -0.15) is 0 Å². The summed E-state index contributed by atoms with van der Waals surface area (Å²) in [6.45, 7) is 0. The summed E-state index contributed by atoms with van der Waals surface area (Å²) in [6.07, 6.45) is 1.53. The van der Waals surface area contributed by atoms with Gasteiger partial charge in [-0.25, -0.2) is 0 Å². The zero-order chi connectivity index (χ0) is 21.5. The second kappa shape index (κ2) is 7.33. The van der Waals surface area contributed by atoms with Crippen LogP contribution in [0.5, 0.6) is 5.75 Å². The number of aromatic nitrogens is 1. The number of rotatable bonds is 5. The average Bonchev–Trinajstić information content (AvgIpc) is 2.82. The molecule has 5 rings (SSSR count). The van der Waals surface area contributed by atoms with Crippen molar-refractivity contribution in [1.29, 1.82) is 0 Å². The summed E-state index contributed by atoms with van der Waals surface area (Å²) in [5.41, 5.74) is 1.37. The van der Waals surface area contributed by atoms with Gasteiger partial charge in [-0.3, -0.25) is 4.98 Å². The third-order valence-corrected chi connectivity index (χ3v) is 6.33. The molecule has 0 saturated heterocycles. The van der Waals surface area contributed by atoms with E-state index in [-0.39, 0.29) is 12.8 Å². The second-order valence-electron chi connectivity index (χ2n) is 8.33. The summed E-state index contributed by atoms with van der Waals surface area (Å²) in [4.78, 5) is 17.4. The first-order chi connectivity index (χ1) is 15.1. The van der Waals surface area contributed by atoms with Crippen molar-refractivity contribution in [2.75, 3.05) is 7.11 Å². The number of methoxy groups -OCH3 is 1. The van der Waals surface area contributed by atoms with Gasteiger partial charge < -0.3 is 14.6 Å². The van der Waals surface area contributed by atoms with Crippen LogP contribution in [0.2, 0.25) is 0 Å². The largest absolute Gasteiger partial charge is 0.497 e. The molecule has 4 nitrogen and oxygen atoms in total. The number of carbonyl (C=O) groups excluding carboxylic acids is 1. The van der Waals surface area contributed by atoms with Crippen molar-refractivity contribution in [2.24, 2.45) is 0 Å². The van der Waals surface area contributed by atoms with E-state index in [9.17, 15) is 9.90 Å². The number of pyridine rings is 1. The van der Waals surface area contributed by atoms with Gasteiger partial charge in [-0.05, 0) is 42.0 Å². The maximum atomic E-state index is 12.5. The van der Waals surface area contributed by atoms with Crippen LogP contribution in [0.4, 0.5) is 0 Å². The lowest BCUT2D eigenvalue weighted by Gasteiger charge is -2.50. The Morgan fingerprint density at radius 1 is 0.935 bits per heavy atom. The van der Waals surface area contributed by atoms with E-state index < -0.39 is 11.0 Å². The van der Waals surface area contributed by atoms with Crippen molar-refractivity contribution in [3.63, 3.8) is 0 Å². The Labute approximate surface area is 181 Å². The van der Waals surface area contributed by atoms with Crippen molar-refractivity contribution in [3.05, 3.63) is 96.2 Å². The van der Waals surface area contributed by atoms with Gasteiger partial charge in [0.2, 0.25) is 0 Å². The van der Waals surface area contributed by atoms with Gasteiger partial charge >= 0.3 is 0 Å². The van der Waals surface area contributed by atoms with Gasteiger partial charge in [0.1, 0.15) is 12.0 Å². The smallest absolute Gasteiger partial charge is 0.132 e. The molecular formula is C27H23NO3. The molecule has 0 bridgehead atoms. The summed E-state index contributed by atoms with van der Waals surface area (Å²) in [6, 6.07) is 27.4. The first kappa shape index (κ1) is 19.5. The normalized spacial score (nSPS) is 22.6. The monoisotopic (exact) mass is 409 g/mol. The highest BCUT2D eigenvalue weighted by Gasteiger charge is 2.57. The maximum absolute atomic E-state index is 12.5. The molecule has 3 aromatic carbocycles. The number of hydrogen-bond donors (Lipinski definition) is 1. The zero-order valence-corrected chi connectivity index (χ0v) is 17.3. The van der Waals surface area contributed by atoms with Crippen molar-refractivity contribution in [3.8, 4) is 17.0 Å². The van der Waals surface area contributed by atoms with Crippen LogP contribution >= 0.6 is 0 Å². The average molecular weight is 409 g/mol. The zero-order valence-electron chi connectivity index (χ0n) is 17.3. The summed E-state index contributed by atoms with van der Waals surface area (Å²) < 4.78 is 5.31. The molecule has 154 valence electrons. The molecule has 0 aliphatic heterocycles. The summed E-state index contributed by atoms with van der Waals surface area (Å²) >= 11 is 0. The highest BCUT2D eigenvalue weighted by atomic mass is 16.5. The molecule has 1 fully saturated rings. The van der Waals surface area contributed by atoms with Gasteiger partial charge in [-0.15, -0.1) is 0 Å². The molecule has 1 saturated carbocycles. The third-order valence-electron chi connectivity index (χ3n) is 6.33. The summed E-state index contributed by atoms with van der Waals surface area (Å²) in [5, 5.41) is 13.3. The number of fused-ring (bicyclic) bond motifs is 1. The molecule has 0 amide bonds. The molecular weight excluding hydrogens is 386 g/mol. The Morgan fingerprint density at radius 3 is 2.42 bits per heavy atom. The highest BCUT2D eigenvalue weighted by Crippen LogP contribution is 2.55. The Morgan fingerprint density at radius 2 is 1.68 bits per heavy atom. The molecule has 1 aliphatic carbocycles. The molecule has 4 heteroatoms. The Bertz CT molecular complexity index is 1260. The fourth-order valence-corrected chi connectivity index (χ4v) is 4.75. The van der Waals surface area contributed by atoms with Gasteiger partial charge in [0.15, 0.2) is 0 Å². The van der Waals surface area contributed by atoms with Gasteiger partial charge in [-0.1, -0.05) is 66.7 Å². The predicted octanol–water partition coefficient (Wildman–Crippen LogP) is 5.03. The van der Waals surface area contributed by atoms with E-state index in [1.165, 1.54) is 0 Å². The lowest BCUT2D eigenvalue weighted by Crippen LogP contribution is -2.54. The molecule has 1 N–H and O–H groups in total. The van der Waals surface area contributed by atoms with Crippen LogP contribution in [-0.2, 0) is 15.8 Å². The van der Waals surface area contributed by atoms with Crippen molar-refractivity contribution < 1.29 is 14.6 Å². The van der Waals surface area contributed by atoms with Crippen LogP contribution in [0, 0.1) is 0 Å². The minimum Gasteiger partial charge on any atom is -0.497 e. The molecule has 31 heavy (non-hydrogen) atoms. The summed E-state index contributed by atoms with van der Waals surface area (Å²) in [5.74, 6) is 0.684.